The number of benzene rings is 1. The van der Waals surface area contributed by atoms with Crippen LogP contribution in [0, 0.1) is 13.8 Å². The molecule has 1 amide bonds. The predicted molar refractivity (Wildman–Crippen MR) is 125 cm³/mol. The molecule has 32 heavy (non-hydrogen) atoms. The Morgan fingerprint density at radius 3 is 2.53 bits per heavy atom. The van der Waals surface area contributed by atoms with Crippen LogP contribution >= 0.6 is 0 Å². The molecule has 0 atom stereocenters. The summed E-state index contributed by atoms with van der Waals surface area (Å²) in [7, 11) is 1.89. The maximum atomic E-state index is 14.1. The Kier molecular flexibility index (Phi) is 5.04. The third-order valence-electron chi connectivity index (χ3n) is 6.23. The van der Waals surface area contributed by atoms with Crippen LogP contribution in [-0.2, 0) is 20.1 Å². The average Bonchev–Trinajstić information content (AvgIpc) is 3.53. The van der Waals surface area contributed by atoms with E-state index in [0.717, 1.165) is 58.8 Å². The van der Waals surface area contributed by atoms with Gasteiger partial charge in [-0.15, -0.1) is 0 Å². The highest BCUT2D eigenvalue weighted by molar-refractivity contribution is 6.13. The molecule has 1 aliphatic carbocycles. The van der Waals surface area contributed by atoms with Crippen molar-refractivity contribution in [2.75, 3.05) is 4.90 Å². The molecule has 164 valence electrons. The Labute approximate surface area is 187 Å². The fraction of sp³-hybridized carbons (Fsp3) is 0.360. The molecule has 0 bridgehead atoms. The molecule has 0 spiro atoms. The first kappa shape index (κ1) is 20.4. The molecule has 0 N–H and O–H groups in total. The predicted octanol–water partition coefficient (Wildman–Crippen LogP) is 4.53. The van der Waals surface area contributed by atoms with Crippen molar-refractivity contribution < 1.29 is 4.79 Å². The van der Waals surface area contributed by atoms with Crippen molar-refractivity contribution in [1.82, 2.24) is 24.5 Å². The van der Waals surface area contributed by atoms with Gasteiger partial charge in [-0.2, -0.15) is 10.2 Å². The van der Waals surface area contributed by atoms with Crippen molar-refractivity contribution in [2.45, 2.75) is 52.6 Å². The summed E-state index contributed by atoms with van der Waals surface area (Å²) >= 11 is 0. The second kappa shape index (κ2) is 7.89. The second-order valence-corrected chi connectivity index (χ2v) is 8.60. The molecule has 7 heteroatoms. The van der Waals surface area contributed by atoms with Gasteiger partial charge in [-0.1, -0.05) is 18.2 Å². The normalized spacial score (nSPS) is 13.6. The SMILES string of the molecule is CCn1cc(CN(C(=O)c2cc(C3CC3)nc3c2c(C)nn3C)c2ccccc2)c(C)n1. The van der Waals surface area contributed by atoms with Gasteiger partial charge in [0.1, 0.15) is 0 Å². The summed E-state index contributed by atoms with van der Waals surface area (Å²) in [6, 6.07) is 11.8. The summed E-state index contributed by atoms with van der Waals surface area (Å²) in [4.78, 5) is 20.9. The van der Waals surface area contributed by atoms with E-state index in [9.17, 15) is 4.79 Å². The Hall–Kier alpha value is -3.48. The number of anilines is 1. The minimum absolute atomic E-state index is 0.0368. The molecule has 4 aromatic rings. The number of hydrogen-bond acceptors (Lipinski definition) is 4. The van der Waals surface area contributed by atoms with E-state index in [1.54, 1.807) is 4.68 Å². The summed E-state index contributed by atoms with van der Waals surface area (Å²) < 4.78 is 3.70. The molecule has 7 nitrogen and oxygen atoms in total. The fourth-order valence-electron chi connectivity index (χ4n) is 4.30. The Morgan fingerprint density at radius 2 is 1.88 bits per heavy atom. The van der Waals surface area contributed by atoms with E-state index >= 15 is 0 Å². The van der Waals surface area contributed by atoms with Crippen molar-refractivity contribution in [3.63, 3.8) is 0 Å². The number of nitrogens with zero attached hydrogens (tertiary/aromatic N) is 6. The van der Waals surface area contributed by atoms with Gasteiger partial charge in [0.15, 0.2) is 5.65 Å². The van der Waals surface area contributed by atoms with E-state index in [4.69, 9.17) is 4.98 Å². The van der Waals surface area contributed by atoms with Gasteiger partial charge in [-0.25, -0.2) is 4.98 Å². The summed E-state index contributed by atoms with van der Waals surface area (Å²) in [5.41, 5.74) is 6.11. The molecule has 0 aliphatic heterocycles. The van der Waals surface area contributed by atoms with Gasteiger partial charge in [0.05, 0.1) is 28.9 Å². The Balaban J connectivity index is 1.64. The number of para-hydroxylation sites is 1. The van der Waals surface area contributed by atoms with Crippen LogP contribution in [0.4, 0.5) is 5.69 Å². The lowest BCUT2D eigenvalue weighted by molar-refractivity contribution is 0.0986. The largest absolute Gasteiger partial charge is 0.304 e. The zero-order chi connectivity index (χ0) is 22.4. The number of aryl methyl sites for hydroxylation is 4. The van der Waals surface area contributed by atoms with Crippen LogP contribution in [0.1, 0.15) is 58.7 Å². The maximum Gasteiger partial charge on any atom is 0.259 e. The van der Waals surface area contributed by atoms with E-state index in [1.165, 1.54) is 0 Å². The van der Waals surface area contributed by atoms with Crippen LogP contribution in [0.15, 0.2) is 42.6 Å². The van der Waals surface area contributed by atoms with E-state index in [0.29, 0.717) is 18.0 Å². The molecular formula is C25H28N6O. The third kappa shape index (κ3) is 3.57. The number of pyridine rings is 1. The van der Waals surface area contributed by atoms with Crippen LogP contribution in [0.2, 0.25) is 0 Å². The first-order valence-corrected chi connectivity index (χ1v) is 11.2. The third-order valence-corrected chi connectivity index (χ3v) is 6.23. The van der Waals surface area contributed by atoms with Crippen LogP contribution < -0.4 is 4.90 Å². The summed E-state index contributed by atoms with van der Waals surface area (Å²) in [5.74, 6) is 0.404. The first-order valence-electron chi connectivity index (χ1n) is 11.2. The molecule has 3 aromatic heterocycles. The monoisotopic (exact) mass is 428 g/mol. The average molecular weight is 429 g/mol. The first-order chi connectivity index (χ1) is 15.5. The van der Waals surface area contributed by atoms with Crippen LogP contribution in [0.25, 0.3) is 11.0 Å². The molecule has 0 saturated heterocycles. The van der Waals surface area contributed by atoms with Gasteiger partial charge in [-0.3, -0.25) is 14.2 Å². The van der Waals surface area contributed by atoms with Gasteiger partial charge in [-0.05, 0) is 51.8 Å². The summed E-state index contributed by atoms with van der Waals surface area (Å²) in [5, 5.41) is 9.98. The lowest BCUT2D eigenvalue weighted by Gasteiger charge is -2.23. The lowest BCUT2D eigenvalue weighted by Crippen LogP contribution is -2.31. The zero-order valence-corrected chi connectivity index (χ0v) is 19.0. The highest BCUT2D eigenvalue weighted by Crippen LogP contribution is 2.40. The standard InChI is InChI=1S/C25H28N6O/c1-5-30-14-19(16(2)28-30)15-31(20-9-7-6-8-10-20)25(32)21-13-22(18-11-12-18)26-24-23(21)17(3)27-29(24)4/h6-10,13-14,18H,5,11-12,15H2,1-4H3. The molecule has 0 radical (unpaired) electrons. The number of hydrogen-bond donors (Lipinski definition) is 0. The molecule has 0 unspecified atom stereocenters. The fourth-order valence-corrected chi connectivity index (χ4v) is 4.30. The van der Waals surface area contributed by atoms with Crippen molar-refractivity contribution in [3.05, 3.63) is 70.8 Å². The van der Waals surface area contributed by atoms with Gasteiger partial charge in [0, 0.05) is 42.7 Å². The smallest absolute Gasteiger partial charge is 0.259 e. The quantitative estimate of drug-likeness (QED) is 0.453. The topological polar surface area (TPSA) is 68.8 Å². The molecule has 1 saturated carbocycles. The highest BCUT2D eigenvalue weighted by Gasteiger charge is 2.30. The Bertz CT molecular complexity index is 1300. The molecule has 5 rings (SSSR count). The van der Waals surface area contributed by atoms with Crippen molar-refractivity contribution in [2.24, 2.45) is 7.05 Å². The highest BCUT2D eigenvalue weighted by atomic mass is 16.2. The van der Waals surface area contributed by atoms with E-state index < -0.39 is 0 Å². The number of carbonyl (C=O) groups excluding carboxylic acids is 1. The number of rotatable bonds is 6. The molecule has 1 aliphatic rings. The van der Waals surface area contributed by atoms with Crippen molar-refractivity contribution >= 4 is 22.6 Å². The van der Waals surface area contributed by atoms with E-state index in [-0.39, 0.29) is 5.91 Å². The molecule has 1 aromatic carbocycles. The number of aromatic nitrogens is 5. The molecular weight excluding hydrogens is 400 g/mol. The van der Waals surface area contributed by atoms with Gasteiger partial charge < -0.3 is 4.90 Å². The van der Waals surface area contributed by atoms with Gasteiger partial charge in [0.25, 0.3) is 5.91 Å². The molecule has 3 heterocycles. The Morgan fingerprint density at radius 1 is 1.12 bits per heavy atom. The zero-order valence-electron chi connectivity index (χ0n) is 19.0. The number of fused-ring (bicyclic) bond motifs is 1. The van der Waals surface area contributed by atoms with E-state index in [2.05, 4.69) is 17.1 Å². The number of amides is 1. The van der Waals surface area contributed by atoms with E-state index in [1.807, 2.05) is 73.1 Å². The van der Waals surface area contributed by atoms with Crippen LogP contribution in [0.3, 0.4) is 0 Å². The van der Waals surface area contributed by atoms with Crippen molar-refractivity contribution in [1.29, 1.82) is 0 Å². The van der Waals surface area contributed by atoms with Gasteiger partial charge >= 0.3 is 0 Å². The maximum absolute atomic E-state index is 14.1. The van der Waals surface area contributed by atoms with Crippen molar-refractivity contribution in [3.8, 4) is 0 Å². The minimum atomic E-state index is -0.0368. The summed E-state index contributed by atoms with van der Waals surface area (Å²) in [6.07, 6.45) is 4.28. The second-order valence-electron chi connectivity index (χ2n) is 8.60. The lowest BCUT2D eigenvalue weighted by atomic mass is 10.1. The molecule has 1 fully saturated rings. The minimum Gasteiger partial charge on any atom is -0.304 e. The number of carbonyl (C=O) groups is 1. The van der Waals surface area contributed by atoms with Gasteiger partial charge in [0.2, 0.25) is 0 Å². The van der Waals surface area contributed by atoms with Crippen LogP contribution in [0.5, 0.6) is 0 Å². The van der Waals surface area contributed by atoms with Crippen LogP contribution in [-0.4, -0.2) is 30.5 Å². The summed E-state index contributed by atoms with van der Waals surface area (Å²) in [6.45, 7) is 7.26.